The molecular weight excluding hydrogens is 396 g/mol. The van der Waals surface area contributed by atoms with Crippen molar-refractivity contribution in [2.45, 2.75) is 57.8 Å². The summed E-state index contributed by atoms with van der Waals surface area (Å²) in [5.74, 6) is -1.02. The molecule has 1 aromatic rings. The Bertz CT molecular complexity index is 1010. The van der Waals surface area contributed by atoms with Gasteiger partial charge in [0.05, 0.1) is 12.2 Å². The molecule has 3 aliphatic rings. The fourth-order valence-corrected chi connectivity index (χ4v) is 4.96. The van der Waals surface area contributed by atoms with E-state index in [4.69, 9.17) is 15.2 Å². The van der Waals surface area contributed by atoms with E-state index in [0.717, 1.165) is 19.3 Å². The number of carbonyl (C=O) groups excluding carboxylic acids is 3. The molecule has 2 N–H and O–H groups in total. The second-order valence-corrected chi connectivity index (χ2v) is 8.07. The molecule has 2 aliphatic heterocycles. The smallest absolute Gasteiger partial charge is 0.341 e. The minimum atomic E-state index is -1.62. The summed E-state index contributed by atoms with van der Waals surface area (Å²) in [7, 11) is 0. The van der Waals surface area contributed by atoms with Crippen LogP contribution in [-0.4, -0.2) is 30.8 Å². The lowest BCUT2D eigenvalue weighted by Gasteiger charge is -2.38. The number of anilines is 1. The molecule has 4 rings (SSSR count). The molecule has 1 aromatic carbocycles. The first-order valence-corrected chi connectivity index (χ1v) is 11.0. The molecule has 2 heterocycles. The quantitative estimate of drug-likeness (QED) is 0.556. The monoisotopic (exact) mass is 424 g/mol. The van der Waals surface area contributed by atoms with Gasteiger partial charge in [-0.3, -0.25) is 9.59 Å². The minimum Gasteiger partial charge on any atom is -0.462 e. The Morgan fingerprint density at radius 2 is 1.97 bits per heavy atom. The molecule has 164 valence electrons. The number of para-hydroxylation sites is 1. The maximum Gasteiger partial charge on any atom is 0.341 e. The fourth-order valence-electron chi connectivity index (χ4n) is 4.96. The lowest BCUT2D eigenvalue weighted by molar-refractivity contribution is -0.141. The van der Waals surface area contributed by atoms with Crippen LogP contribution in [0, 0.1) is 0 Å². The second-order valence-electron chi connectivity index (χ2n) is 8.07. The number of nitrogens with zero attached hydrogens (tertiary/aromatic N) is 1. The van der Waals surface area contributed by atoms with E-state index in [2.05, 4.69) is 6.92 Å². The third-order valence-electron chi connectivity index (χ3n) is 6.22. The fraction of sp³-hybridized carbons (Fsp3) is 0.458. The Kier molecular flexibility index (Phi) is 5.60. The Hall–Kier alpha value is -3.09. The average Bonchev–Trinajstić information content (AvgIpc) is 2.97. The minimum absolute atomic E-state index is 0.0845. The van der Waals surface area contributed by atoms with Crippen molar-refractivity contribution >= 4 is 23.3 Å². The zero-order valence-electron chi connectivity index (χ0n) is 18.0. The van der Waals surface area contributed by atoms with E-state index >= 15 is 0 Å². The maximum atomic E-state index is 14.2. The predicted molar refractivity (Wildman–Crippen MR) is 115 cm³/mol. The molecule has 0 saturated heterocycles. The second kappa shape index (κ2) is 8.21. The van der Waals surface area contributed by atoms with Crippen LogP contribution in [0.5, 0.6) is 0 Å². The van der Waals surface area contributed by atoms with Gasteiger partial charge >= 0.3 is 5.97 Å². The Balaban J connectivity index is 1.99. The van der Waals surface area contributed by atoms with Crippen LogP contribution >= 0.6 is 0 Å². The van der Waals surface area contributed by atoms with Gasteiger partial charge in [-0.05, 0) is 25.8 Å². The van der Waals surface area contributed by atoms with Crippen molar-refractivity contribution in [3.63, 3.8) is 0 Å². The molecule has 1 aliphatic carbocycles. The van der Waals surface area contributed by atoms with Crippen LogP contribution in [0.25, 0.3) is 0 Å². The number of benzene rings is 1. The lowest BCUT2D eigenvalue weighted by Crippen LogP contribution is -2.51. The van der Waals surface area contributed by atoms with Crippen LogP contribution in [-0.2, 0) is 29.3 Å². The topological polar surface area (TPSA) is 98.9 Å². The molecule has 0 radical (unpaired) electrons. The van der Waals surface area contributed by atoms with Gasteiger partial charge in [0, 0.05) is 30.6 Å². The van der Waals surface area contributed by atoms with E-state index in [1.165, 1.54) is 0 Å². The van der Waals surface area contributed by atoms with E-state index in [0.29, 0.717) is 42.8 Å². The molecule has 0 aromatic heterocycles. The van der Waals surface area contributed by atoms with Gasteiger partial charge in [0.15, 0.2) is 5.78 Å². The van der Waals surface area contributed by atoms with Gasteiger partial charge in [-0.25, -0.2) is 4.79 Å². The molecule has 1 spiro atoms. The van der Waals surface area contributed by atoms with Gasteiger partial charge in [-0.15, -0.1) is 0 Å². The molecule has 1 amide bonds. The number of fused-ring (bicyclic) bond motifs is 3. The molecular formula is C24H28N2O5. The number of hydrogen-bond donors (Lipinski definition) is 1. The van der Waals surface area contributed by atoms with E-state index in [9.17, 15) is 14.4 Å². The summed E-state index contributed by atoms with van der Waals surface area (Å²) in [5, 5.41) is 0. The largest absolute Gasteiger partial charge is 0.462 e. The average molecular weight is 424 g/mol. The highest BCUT2D eigenvalue weighted by molar-refractivity contribution is 6.23. The number of esters is 1. The Labute approximate surface area is 181 Å². The van der Waals surface area contributed by atoms with Gasteiger partial charge in [-0.2, -0.15) is 0 Å². The third-order valence-corrected chi connectivity index (χ3v) is 6.22. The first kappa shape index (κ1) is 21.2. The van der Waals surface area contributed by atoms with Crippen molar-refractivity contribution in [1.82, 2.24) is 0 Å². The third kappa shape index (κ3) is 3.06. The van der Waals surface area contributed by atoms with Gasteiger partial charge in [0.1, 0.15) is 16.7 Å². The number of nitrogens with two attached hydrogens (primary N) is 1. The number of carbonyl (C=O) groups is 3. The summed E-state index contributed by atoms with van der Waals surface area (Å²) in [4.78, 5) is 42.2. The molecule has 7 nitrogen and oxygen atoms in total. The molecule has 0 unspecified atom stereocenters. The zero-order valence-corrected chi connectivity index (χ0v) is 18.0. The van der Waals surface area contributed by atoms with Crippen molar-refractivity contribution in [1.29, 1.82) is 0 Å². The van der Waals surface area contributed by atoms with Crippen LogP contribution in [0.3, 0.4) is 0 Å². The van der Waals surface area contributed by atoms with Crippen molar-refractivity contribution in [2.24, 2.45) is 5.73 Å². The lowest BCUT2D eigenvalue weighted by atomic mass is 9.64. The van der Waals surface area contributed by atoms with Gasteiger partial charge in [0.2, 0.25) is 11.8 Å². The van der Waals surface area contributed by atoms with E-state index < -0.39 is 11.4 Å². The maximum absolute atomic E-state index is 14.2. The summed E-state index contributed by atoms with van der Waals surface area (Å²) in [6.07, 6.45) is 4.20. The Morgan fingerprint density at radius 3 is 2.71 bits per heavy atom. The highest BCUT2D eigenvalue weighted by Gasteiger charge is 2.63. The van der Waals surface area contributed by atoms with Crippen molar-refractivity contribution in [3.05, 3.63) is 52.6 Å². The van der Waals surface area contributed by atoms with Crippen LogP contribution < -0.4 is 10.6 Å². The number of allylic oxidation sites excluding steroid dienone is 1. The number of ketones is 1. The highest BCUT2D eigenvalue weighted by atomic mass is 16.5. The number of ether oxygens (including phenoxy) is 2. The molecule has 0 fully saturated rings. The number of rotatable bonds is 6. The number of Topliss-reactive ketones (excluding diaryl/α,β-unsaturated/α-hetero) is 1. The highest BCUT2D eigenvalue weighted by Crippen LogP contribution is 2.56. The Morgan fingerprint density at radius 1 is 1.19 bits per heavy atom. The number of unbranched alkanes of at least 4 members (excludes halogenated alkanes) is 2. The van der Waals surface area contributed by atoms with Gasteiger partial charge < -0.3 is 20.1 Å². The van der Waals surface area contributed by atoms with E-state index in [-0.39, 0.29) is 35.3 Å². The predicted octanol–water partition coefficient (Wildman–Crippen LogP) is 3.23. The molecule has 0 saturated carbocycles. The molecule has 31 heavy (non-hydrogen) atoms. The van der Waals surface area contributed by atoms with E-state index in [1.54, 1.807) is 17.9 Å². The SMILES string of the molecule is CCCCCN1C(=O)[C@@]2(C(C(=O)OCC)=C(N)OC3=C2C(=O)CCC3)c2ccccc21. The summed E-state index contributed by atoms with van der Waals surface area (Å²) < 4.78 is 11.1. The first-order chi connectivity index (χ1) is 15.0. The summed E-state index contributed by atoms with van der Waals surface area (Å²) in [6, 6.07) is 7.32. The van der Waals surface area contributed by atoms with Crippen LogP contribution in [0.15, 0.2) is 47.1 Å². The number of amides is 1. The molecule has 7 heteroatoms. The van der Waals surface area contributed by atoms with E-state index in [1.807, 2.05) is 18.2 Å². The zero-order chi connectivity index (χ0) is 22.2. The molecule has 0 bridgehead atoms. The normalized spacial score (nSPS) is 22.6. The van der Waals surface area contributed by atoms with Crippen molar-refractivity contribution < 1.29 is 23.9 Å². The summed E-state index contributed by atoms with van der Waals surface area (Å²) >= 11 is 0. The molecule has 1 atom stereocenters. The van der Waals surface area contributed by atoms with Crippen LogP contribution in [0.1, 0.15) is 57.9 Å². The number of hydrogen-bond acceptors (Lipinski definition) is 6. The summed E-state index contributed by atoms with van der Waals surface area (Å²) in [6.45, 7) is 4.39. The first-order valence-electron chi connectivity index (χ1n) is 11.0. The van der Waals surface area contributed by atoms with Crippen LogP contribution in [0.4, 0.5) is 5.69 Å². The van der Waals surface area contributed by atoms with Crippen molar-refractivity contribution in [2.75, 3.05) is 18.1 Å². The van der Waals surface area contributed by atoms with Crippen LogP contribution in [0.2, 0.25) is 0 Å². The van der Waals surface area contributed by atoms with Crippen molar-refractivity contribution in [3.8, 4) is 0 Å². The standard InChI is InChI=1S/C24H28N2O5/c1-3-5-8-14-26-16-11-7-6-10-15(16)24(23(26)29)19-17(27)12-9-13-18(19)31-21(25)20(24)22(28)30-4-2/h6-7,10-11H,3-5,8-9,12-14,25H2,1-2H3/t24-/m0/s1. The van der Waals surface area contributed by atoms with Gasteiger partial charge in [-0.1, -0.05) is 38.0 Å². The van der Waals surface area contributed by atoms with Gasteiger partial charge in [0.25, 0.3) is 0 Å². The summed E-state index contributed by atoms with van der Waals surface area (Å²) in [5.41, 5.74) is 6.07.